The van der Waals surface area contributed by atoms with Gasteiger partial charge in [-0.05, 0) is 6.42 Å². The summed E-state index contributed by atoms with van der Waals surface area (Å²) in [4.78, 5) is 12.2. The first-order valence-corrected chi connectivity index (χ1v) is 4.27. The van der Waals surface area contributed by atoms with E-state index in [-0.39, 0.29) is 0 Å². The second-order valence-electron chi connectivity index (χ2n) is 2.61. The molecule has 0 radical (unpaired) electrons. The van der Waals surface area contributed by atoms with E-state index in [0.29, 0.717) is 13.0 Å². The minimum Gasteiger partial charge on any atom is -0.343 e. The van der Waals surface area contributed by atoms with Gasteiger partial charge in [-0.3, -0.25) is 4.79 Å². The molecule has 0 aromatic rings. The minimum atomic E-state index is -1.49. The van der Waals surface area contributed by atoms with Crippen molar-refractivity contribution in [3.63, 3.8) is 0 Å². The van der Waals surface area contributed by atoms with Crippen molar-refractivity contribution >= 4 is 5.91 Å². The number of nitrogens with two attached hydrogens (primary N) is 1. The summed E-state index contributed by atoms with van der Waals surface area (Å²) in [5, 5.41) is 0. The fourth-order valence-electron chi connectivity index (χ4n) is 0.993. The molecule has 2 unspecified atom stereocenters. The molecule has 0 saturated carbocycles. The molecule has 0 spiro atoms. The maximum Gasteiger partial charge on any atom is 0.258 e. The van der Waals surface area contributed by atoms with Gasteiger partial charge < -0.3 is 10.6 Å². The fraction of sp³-hybridized carbons (Fsp3) is 0.875. The van der Waals surface area contributed by atoms with Crippen LogP contribution in [0.2, 0.25) is 0 Å². The molecule has 1 rings (SSSR count). The Balaban J connectivity index is 0.000000561. The van der Waals surface area contributed by atoms with E-state index < -0.39 is 18.1 Å². The molecule has 12 heavy (non-hydrogen) atoms. The average Bonchev–Trinajstić information content (AvgIpc) is 2.12. The van der Waals surface area contributed by atoms with Crippen molar-refractivity contribution in [3.8, 4) is 0 Å². The third kappa shape index (κ3) is 2.44. The lowest BCUT2D eigenvalue weighted by atomic mass is 10.0. The number of rotatable bonds is 0. The number of nitrogens with zero attached hydrogens (tertiary/aromatic N) is 1. The lowest BCUT2D eigenvalue weighted by Gasteiger charge is -2.29. The molecule has 72 valence electrons. The summed E-state index contributed by atoms with van der Waals surface area (Å²) in [6.07, 6.45) is -0.928. The Hall–Kier alpha value is -0.640. The quantitative estimate of drug-likeness (QED) is 0.585. The highest BCUT2D eigenvalue weighted by molar-refractivity contribution is 5.82. The Morgan fingerprint density at radius 3 is 2.50 bits per heavy atom. The maximum absolute atomic E-state index is 12.7. The van der Waals surface area contributed by atoms with Crippen LogP contribution in [0.5, 0.6) is 0 Å². The van der Waals surface area contributed by atoms with Gasteiger partial charge in [0.15, 0.2) is 6.17 Å². The number of halogens is 1. The number of carbonyl (C=O) groups is 1. The smallest absolute Gasteiger partial charge is 0.258 e. The lowest BCUT2D eigenvalue weighted by Crippen LogP contribution is -2.51. The van der Waals surface area contributed by atoms with Gasteiger partial charge in [0.2, 0.25) is 0 Å². The predicted molar refractivity (Wildman–Crippen MR) is 46.5 cm³/mol. The van der Waals surface area contributed by atoms with Crippen LogP contribution in [0.15, 0.2) is 0 Å². The van der Waals surface area contributed by atoms with Crippen molar-refractivity contribution in [2.24, 2.45) is 5.73 Å². The van der Waals surface area contributed by atoms with E-state index in [1.807, 2.05) is 13.8 Å². The maximum atomic E-state index is 12.7. The van der Waals surface area contributed by atoms with Crippen LogP contribution >= 0.6 is 0 Å². The summed E-state index contributed by atoms with van der Waals surface area (Å²) in [6, 6.07) is -0.594. The van der Waals surface area contributed by atoms with Crippen molar-refractivity contribution in [1.82, 2.24) is 4.90 Å². The number of amides is 1. The van der Waals surface area contributed by atoms with Crippen molar-refractivity contribution in [2.45, 2.75) is 32.5 Å². The molecule has 0 aromatic carbocycles. The van der Waals surface area contributed by atoms with Crippen LogP contribution < -0.4 is 5.73 Å². The largest absolute Gasteiger partial charge is 0.343 e. The Morgan fingerprint density at radius 2 is 2.08 bits per heavy atom. The fourth-order valence-corrected chi connectivity index (χ4v) is 0.993. The number of hydrogen-bond donors (Lipinski definition) is 1. The summed E-state index contributed by atoms with van der Waals surface area (Å²) in [5.74, 6) is -0.487. The van der Waals surface area contributed by atoms with Gasteiger partial charge in [-0.25, -0.2) is 4.39 Å². The van der Waals surface area contributed by atoms with Crippen LogP contribution in [0.3, 0.4) is 0 Å². The van der Waals surface area contributed by atoms with Gasteiger partial charge >= 0.3 is 0 Å². The zero-order valence-electron chi connectivity index (χ0n) is 7.88. The van der Waals surface area contributed by atoms with Crippen LogP contribution in [0.4, 0.5) is 4.39 Å². The van der Waals surface area contributed by atoms with E-state index in [2.05, 4.69) is 0 Å². The van der Waals surface area contributed by atoms with E-state index >= 15 is 0 Å². The highest BCUT2D eigenvalue weighted by Crippen LogP contribution is 2.11. The predicted octanol–water partition coefficient (Wildman–Crippen LogP) is 0.540. The van der Waals surface area contributed by atoms with Crippen molar-refractivity contribution in [2.75, 3.05) is 13.6 Å². The number of piperidine rings is 1. The minimum absolute atomic E-state index is 0.487. The van der Waals surface area contributed by atoms with E-state index in [0.717, 1.165) is 0 Å². The Morgan fingerprint density at radius 1 is 1.58 bits per heavy atom. The molecule has 1 heterocycles. The molecule has 3 nitrogen and oxygen atoms in total. The molecule has 2 N–H and O–H groups in total. The lowest BCUT2D eigenvalue weighted by molar-refractivity contribution is -0.138. The Bertz CT molecular complexity index is 152. The molecule has 2 atom stereocenters. The first-order chi connectivity index (χ1) is 5.63. The third-order valence-electron chi connectivity index (χ3n) is 1.79. The molecule has 1 saturated heterocycles. The molecule has 1 fully saturated rings. The van der Waals surface area contributed by atoms with Crippen molar-refractivity contribution in [1.29, 1.82) is 0 Å². The zero-order chi connectivity index (χ0) is 9.72. The van der Waals surface area contributed by atoms with E-state index in [1.54, 1.807) is 7.05 Å². The Kier molecular flexibility index (Phi) is 4.81. The zero-order valence-corrected chi connectivity index (χ0v) is 7.88. The molecule has 1 amide bonds. The number of likely N-dealkylation sites (tertiary alicyclic amines) is 1. The molecular formula is C8H17FN2O. The third-order valence-corrected chi connectivity index (χ3v) is 1.79. The van der Waals surface area contributed by atoms with E-state index in [4.69, 9.17) is 5.73 Å². The SMILES string of the molecule is CC.CN1CCC(N)C(F)C1=O. The summed E-state index contributed by atoms with van der Waals surface area (Å²) in [6.45, 7) is 4.57. The monoisotopic (exact) mass is 176 g/mol. The van der Waals surface area contributed by atoms with Crippen molar-refractivity contribution in [3.05, 3.63) is 0 Å². The second-order valence-corrected chi connectivity index (χ2v) is 2.61. The number of hydrogen-bond acceptors (Lipinski definition) is 2. The van der Waals surface area contributed by atoms with Gasteiger partial charge in [0.1, 0.15) is 0 Å². The normalized spacial score (nSPS) is 29.4. The second kappa shape index (κ2) is 5.09. The first-order valence-electron chi connectivity index (χ1n) is 4.27. The average molecular weight is 176 g/mol. The standard InChI is InChI=1S/C6H11FN2O.C2H6/c1-9-3-2-4(8)5(7)6(9)10;1-2/h4-5H,2-3,8H2,1H3;1-2H3. The van der Waals surface area contributed by atoms with Crippen LogP contribution in [-0.2, 0) is 4.79 Å². The summed E-state index contributed by atoms with van der Waals surface area (Å²) in [7, 11) is 1.58. The van der Waals surface area contributed by atoms with Crippen LogP contribution in [0, 0.1) is 0 Å². The van der Waals surface area contributed by atoms with E-state index in [9.17, 15) is 9.18 Å². The summed E-state index contributed by atoms with van der Waals surface area (Å²) < 4.78 is 12.7. The van der Waals surface area contributed by atoms with Crippen molar-refractivity contribution < 1.29 is 9.18 Å². The van der Waals surface area contributed by atoms with Crippen LogP contribution in [-0.4, -0.2) is 36.6 Å². The summed E-state index contributed by atoms with van der Waals surface area (Å²) >= 11 is 0. The summed E-state index contributed by atoms with van der Waals surface area (Å²) in [5.41, 5.74) is 5.31. The number of carbonyl (C=O) groups excluding carboxylic acids is 1. The highest BCUT2D eigenvalue weighted by atomic mass is 19.1. The van der Waals surface area contributed by atoms with Gasteiger partial charge in [0.05, 0.1) is 0 Å². The molecule has 0 aliphatic carbocycles. The number of alkyl halides is 1. The van der Waals surface area contributed by atoms with Crippen LogP contribution in [0.25, 0.3) is 0 Å². The van der Waals surface area contributed by atoms with Gasteiger partial charge in [-0.1, -0.05) is 13.8 Å². The Labute approximate surface area is 72.7 Å². The van der Waals surface area contributed by atoms with Crippen LogP contribution in [0.1, 0.15) is 20.3 Å². The molecular weight excluding hydrogens is 159 g/mol. The van der Waals surface area contributed by atoms with Gasteiger partial charge in [-0.15, -0.1) is 0 Å². The highest BCUT2D eigenvalue weighted by Gasteiger charge is 2.32. The first kappa shape index (κ1) is 11.4. The van der Waals surface area contributed by atoms with Gasteiger partial charge in [0, 0.05) is 19.6 Å². The van der Waals surface area contributed by atoms with Gasteiger partial charge in [0.25, 0.3) is 5.91 Å². The molecule has 0 bridgehead atoms. The molecule has 4 heteroatoms. The molecule has 1 aliphatic heterocycles. The molecule has 0 aromatic heterocycles. The molecule has 1 aliphatic rings. The van der Waals surface area contributed by atoms with E-state index in [1.165, 1.54) is 4.90 Å². The topological polar surface area (TPSA) is 46.3 Å². The van der Waals surface area contributed by atoms with Gasteiger partial charge in [-0.2, -0.15) is 0 Å².